The van der Waals surface area contributed by atoms with Crippen molar-refractivity contribution in [3.63, 3.8) is 0 Å². The number of nitrogens with one attached hydrogen (secondary N) is 1. The molecule has 1 heterocycles. The molecular formula is C20H23NO2S. The average molecular weight is 341 g/mol. The van der Waals surface area contributed by atoms with Gasteiger partial charge in [-0.3, -0.25) is 4.79 Å². The Labute approximate surface area is 147 Å². The lowest BCUT2D eigenvalue weighted by atomic mass is 10.0. The van der Waals surface area contributed by atoms with Crippen LogP contribution in [-0.2, 0) is 9.53 Å². The number of amides is 1. The van der Waals surface area contributed by atoms with Crippen LogP contribution in [-0.4, -0.2) is 19.1 Å². The van der Waals surface area contributed by atoms with Crippen LogP contribution in [0.1, 0.15) is 31.7 Å². The summed E-state index contributed by atoms with van der Waals surface area (Å²) >= 11 is 1.73. The van der Waals surface area contributed by atoms with Crippen molar-refractivity contribution in [3.8, 4) is 0 Å². The number of hydrogen-bond donors (Lipinski definition) is 1. The maximum atomic E-state index is 12.1. The predicted octanol–water partition coefficient (Wildman–Crippen LogP) is 4.94. The highest BCUT2D eigenvalue weighted by molar-refractivity contribution is 7.99. The van der Waals surface area contributed by atoms with Gasteiger partial charge >= 0.3 is 0 Å². The number of hydrogen-bond acceptors (Lipinski definition) is 3. The molecule has 0 spiro atoms. The van der Waals surface area contributed by atoms with E-state index in [0.717, 1.165) is 17.0 Å². The maximum Gasteiger partial charge on any atom is 0.229 e. The Morgan fingerprint density at radius 3 is 2.25 bits per heavy atom. The van der Waals surface area contributed by atoms with Crippen LogP contribution >= 0.6 is 11.8 Å². The standard InChI is InChI=1S/C20H23NO2S/c1-14(2)15-3-7-18(8-4-15)24-19-9-5-17(6-10-19)21-20(22)16-11-12-23-13-16/h3-10,14,16H,11-13H2,1-2H3,(H,21,22). The molecule has 3 nitrogen and oxygen atoms in total. The molecule has 1 atom stereocenters. The second-order valence-electron chi connectivity index (χ2n) is 6.40. The van der Waals surface area contributed by atoms with Crippen molar-refractivity contribution in [3.05, 3.63) is 54.1 Å². The molecular weight excluding hydrogens is 318 g/mol. The van der Waals surface area contributed by atoms with Crippen LogP contribution in [0.3, 0.4) is 0 Å². The van der Waals surface area contributed by atoms with E-state index in [4.69, 9.17) is 4.74 Å². The Hall–Kier alpha value is -1.78. The minimum absolute atomic E-state index is 0.0153. The molecule has 1 unspecified atom stereocenters. The van der Waals surface area contributed by atoms with Gasteiger partial charge in [0, 0.05) is 22.1 Å². The summed E-state index contributed by atoms with van der Waals surface area (Å²) in [5.74, 6) is 0.591. The molecule has 0 bridgehead atoms. The van der Waals surface area contributed by atoms with Crippen molar-refractivity contribution in [2.45, 2.75) is 36.0 Å². The van der Waals surface area contributed by atoms with Crippen molar-refractivity contribution >= 4 is 23.4 Å². The van der Waals surface area contributed by atoms with E-state index in [1.807, 2.05) is 24.3 Å². The van der Waals surface area contributed by atoms with Gasteiger partial charge in [-0.15, -0.1) is 0 Å². The monoisotopic (exact) mass is 341 g/mol. The quantitative estimate of drug-likeness (QED) is 0.837. The summed E-state index contributed by atoms with van der Waals surface area (Å²) in [6.45, 7) is 5.62. The lowest BCUT2D eigenvalue weighted by Crippen LogP contribution is -2.22. The maximum absolute atomic E-state index is 12.1. The van der Waals surface area contributed by atoms with Crippen LogP contribution in [0.15, 0.2) is 58.3 Å². The number of carbonyl (C=O) groups is 1. The third-order valence-electron chi connectivity index (χ3n) is 4.20. The minimum atomic E-state index is -0.0153. The average Bonchev–Trinajstić information content (AvgIpc) is 3.12. The SMILES string of the molecule is CC(C)c1ccc(Sc2ccc(NC(=O)C3CCOC3)cc2)cc1. The smallest absolute Gasteiger partial charge is 0.229 e. The number of ether oxygens (including phenoxy) is 1. The molecule has 3 rings (SSSR count). The number of carbonyl (C=O) groups excluding carboxylic acids is 1. The number of rotatable bonds is 5. The van der Waals surface area contributed by atoms with E-state index < -0.39 is 0 Å². The first-order valence-electron chi connectivity index (χ1n) is 8.38. The van der Waals surface area contributed by atoms with Gasteiger partial charge < -0.3 is 10.1 Å². The highest BCUT2D eigenvalue weighted by atomic mass is 32.2. The fourth-order valence-electron chi connectivity index (χ4n) is 2.65. The molecule has 0 aliphatic carbocycles. The highest BCUT2D eigenvalue weighted by Gasteiger charge is 2.23. The fourth-order valence-corrected chi connectivity index (χ4v) is 3.47. The fraction of sp³-hybridized carbons (Fsp3) is 0.350. The van der Waals surface area contributed by atoms with Gasteiger partial charge in [-0.05, 0) is 54.3 Å². The zero-order chi connectivity index (χ0) is 16.9. The van der Waals surface area contributed by atoms with Crippen LogP contribution in [0, 0.1) is 5.92 Å². The highest BCUT2D eigenvalue weighted by Crippen LogP contribution is 2.30. The molecule has 2 aromatic rings. The van der Waals surface area contributed by atoms with E-state index in [9.17, 15) is 4.79 Å². The van der Waals surface area contributed by atoms with E-state index >= 15 is 0 Å². The lowest BCUT2D eigenvalue weighted by molar-refractivity contribution is -0.119. The van der Waals surface area contributed by atoms with Crippen LogP contribution in [0.25, 0.3) is 0 Å². The molecule has 24 heavy (non-hydrogen) atoms. The first kappa shape index (κ1) is 17.1. The van der Waals surface area contributed by atoms with Crippen molar-refractivity contribution in [1.29, 1.82) is 0 Å². The largest absolute Gasteiger partial charge is 0.381 e. The zero-order valence-corrected chi connectivity index (χ0v) is 14.9. The van der Waals surface area contributed by atoms with Gasteiger partial charge in [0.2, 0.25) is 5.91 Å². The first-order valence-corrected chi connectivity index (χ1v) is 9.20. The molecule has 126 valence electrons. The van der Waals surface area contributed by atoms with Gasteiger partial charge in [-0.25, -0.2) is 0 Å². The number of anilines is 1. The third kappa shape index (κ3) is 4.40. The molecule has 1 aliphatic heterocycles. The molecule has 4 heteroatoms. The topological polar surface area (TPSA) is 38.3 Å². The van der Waals surface area contributed by atoms with E-state index in [0.29, 0.717) is 19.1 Å². The van der Waals surface area contributed by atoms with Gasteiger partial charge in [-0.2, -0.15) is 0 Å². The summed E-state index contributed by atoms with van der Waals surface area (Å²) in [4.78, 5) is 14.5. The minimum Gasteiger partial charge on any atom is -0.381 e. The third-order valence-corrected chi connectivity index (χ3v) is 5.22. The van der Waals surface area contributed by atoms with E-state index in [1.165, 1.54) is 10.5 Å². The van der Waals surface area contributed by atoms with E-state index in [1.54, 1.807) is 11.8 Å². The van der Waals surface area contributed by atoms with Gasteiger partial charge in [0.1, 0.15) is 0 Å². The summed E-state index contributed by atoms with van der Waals surface area (Å²) in [5.41, 5.74) is 2.19. The summed E-state index contributed by atoms with van der Waals surface area (Å²) in [6, 6.07) is 16.7. The lowest BCUT2D eigenvalue weighted by Gasteiger charge is -2.10. The molecule has 0 radical (unpaired) electrons. The predicted molar refractivity (Wildman–Crippen MR) is 98.7 cm³/mol. The van der Waals surface area contributed by atoms with Gasteiger partial charge in [0.25, 0.3) is 0 Å². The van der Waals surface area contributed by atoms with Crippen molar-refractivity contribution < 1.29 is 9.53 Å². The van der Waals surface area contributed by atoms with E-state index in [2.05, 4.69) is 43.4 Å². The Morgan fingerprint density at radius 2 is 1.71 bits per heavy atom. The van der Waals surface area contributed by atoms with Gasteiger partial charge in [0.05, 0.1) is 12.5 Å². The van der Waals surface area contributed by atoms with Gasteiger partial charge in [-0.1, -0.05) is 37.7 Å². The molecule has 1 N–H and O–H groups in total. The molecule has 1 saturated heterocycles. The summed E-state index contributed by atoms with van der Waals surface area (Å²) in [6.07, 6.45) is 0.812. The summed E-state index contributed by atoms with van der Waals surface area (Å²) in [5, 5.41) is 2.97. The zero-order valence-electron chi connectivity index (χ0n) is 14.1. The summed E-state index contributed by atoms with van der Waals surface area (Å²) < 4.78 is 5.26. The van der Waals surface area contributed by atoms with Crippen molar-refractivity contribution in [2.24, 2.45) is 5.92 Å². The Balaban J connectivity index is 1.58. The van der Waals surface area contributed by atoms with E-state index in [-0.39, 0.29) is 11.8 Å². The normalized spacial score (nSPS) is 17.2. The first-order chi connectivity index (χ1) is 11.6. The van der Waals surface area contributed by atoms with Crippen molar-refractivity contribution in [1.82, 2.24) is 0 Å². The molecule has 1 fully saturated rings. The van der Waals surface area contributed by atoms with Crippen LogP contribution in [0.4, 0.5) is 5.69 Å². The Bertz CT molecular complexity index is 674. The molecule has 1 amide bonds. The summed E-state index contributed by atoms with van der Waals surface area (Å²) in [7, 11) is 0. The second kappa shape index (κ2) is 7.86. The van der Waals surface area contributed by atoms with Crippen molar-refractivity contribution in [2.75, 3.05) is 18.5 Å². The Morgan fingerprint density at radius 1 is 1.08 bits per heavy atom. The Kier molecular flexibility index (Phi) is 5.59. The number of benzene rings is 2. The second-order valence-corrected chi connectivity index (χ2v) is 7.55. The van der Waals surface area contributed by atoms with Gasteiger partial charge in [0.15, 0.2) is 0 Å². The molecule has 0 aromatic heterocycles. The van der Waals surface area contributed by atoms with Crippen LogP contribution in [0.2, 0.25) is 0 Å². The van der Waals surface area contributed by atoms with Crippen LogP contribution in [0.5, 0.6) is 0 Å². The van der Waals surface area contributed by atoms with Crippen LogP contribution < -0.4 is 5.32 Å². The molecule has 2 aromatic carbocycles. The molecule has 1 aliphatic rings. The molecule has 0 saturated carbocycles.